The smallest absolute Gasteiger partial charge is 0.465 e. The van der Waals surface area contributed by atoms with Gasteiger partial charge < -0.3 is 19.3 Å². The summed E-state index contributed by atoms with van der Waals surface area (Å²) in [4.78, 5) is 12.2. The van der Waals surface area contributed by atoms with Gasteiger partial charge in [-0.3, -0.25) is 0 Å². The van der Waals surface area contributed by atoms with Gasteiger partial charge in [0.25, 0.3) is 0 Å². The van der Waals surface area contributed by atoms with Crippen molar-refractivity contribution in [1.82, 2.24) is 4.90 Å². The quantitative estimate of drug-likeness (QED) is 0.798. The van der Waals surface area contributed by atoms with Gasteiger partial charge in [-0.25, -0.2) is 13.6 Å². The summed E-state index contributed by atoms with van der Waals surface area (Å²) in [6.45, 7) is 7.31. The number of hydrogen-bond donors (Lipinski definition) is 1. The lowest BCUT2D eigenvalue weighted by atomic mass is 9.76. The van der Waals surface area contributed by atoms with Crippen LogP contribution in [0.15, 0.2) is 6.07 Å². The van der Waals surface area contributed by atoms with E-state index in [1.54, 1.807) is 27.7 Å². The van der Waals surface area contributed by atoms with Crippen LogP contribution in [-0.4, -0.2) is 41.0 Å². The summed E-state index contributed by atoms with van der Waals surface area (Å²) < 4.78 is 41.0. The Morgan fingerprint density at radius 3 is 2.38 bits per heavy atom. The molecule has 0 saturated carbocycles. The first-order valence-corrected chi connectivity index (χ1v) is 7.86. The maximum Gasteiger partial charge on any atom is 0.500 e. The van der Waals surface area contributed by atoms with Gasteiger partial charge >= 0.3 is 13.2 Å². The lowest BCUT2D eigenvalue weighted by Crippen LogP contribution is -2.42. The molecule has 0 unspecified atom stereocenters. The van der Waals surface area contributed by atoms with E-state index in [4.69, 9.17) is 14.4 Å². The summed E-state index contributed by atoms with van der Waals surface area (Å²) >= 11 is 0. The molecule has 2 aliphatic heterocycles. The normalized spacial score (nSPS) is 21.8. The fraction of sp³-hybridized carbons (Fsp3) is 0.562. The lowest BCUT2D eigenvalue weighted by Gasteiger charge is -2.32. The summed E-state index contributed by atoms with van der Waals surface area (Å²) in [6, 6.07) is 1.26. The van der Waals surface area contributed by atoms with Crippen molar-refractivity contribution < 1.29 is 28.0 Å². The van der Waals surface area contributed by atoms with Gasteiger partial charge in [-0.1, -0.05) is 0 Å². The Balaban J connectivity index is 2.02. The number of carboxylic acid groups (broad SMARTS) is 1. The van der Waals surface area contributed by atoms with Crippen molar-refractivity contribution in [2.45, 2.75) is 51.9 Å². The largest absolute Gasteiger partial charge is 0.500 e. The van der Waals surface area contributed by atoms with Crippen LogP contribution >= 0.6 is 0 Å². The van der Waals surface area contributed by atoms with E-state index in [-0.39, 0.29) is 30.5 Å². The Hall–Kier alpha value is -1.67. The van der Waals surface area contributed by atoms with Gasteiger partial charge in [0, 0.05) is 12.1 Å². The van der Waals surface area contributed by atoms with Crippen molar-refractivity contribution in [2.24, 2.45) is 0 Å². The van der Waals surface area contributed by atoms with Crippen molar-refractivity contribution >= 4 is 18.7 Å². The maximum atomic E-state index is 15.0. The molecule has 1 amide bonds. The average Bonchev–Trinajstić information content (AvgIpc) is 2.66. The fourth-order valence-electron chi connectivity index (χ4n) is 2.99. The first-order chi connectivity index (χ1) is 11.0. The highest BCUT2D eigenvalue weighted by Crippen LogP contribution is 2.37. The molecule has 1 saturated heterocycles. The molecular formula is C16H20BF2NO4. The summed E-state index contributed by atoms with van der Waals surface area (Å²) in [7, 11) is -1.17. The van der Waals surface area contributed by atoms with Crippen LogP contribution in [0.3, 0.4) is 0 Å². The topological polar surface area (TPSA) is 59.0 Å². The minimum Gasteiger partial charge on any atom is -0.465 e. The molecule has 0 aliphatic carbocycles. The van der Waals surface area contributed by atoms with Crippen LogP contribution in [0.4, 0.5) is 13.6 Å². The molecule has 8 heteroatoms. The lowest BCUT2D eigenvalue weighted by molar-refractivity contribution is 0.00578. The van der Waals surface area contributed by atoms with E-state index < -0.39 is 36.0 Å². The van der Waals surface area contributed by atoms with Gasteiger partial charge in [0.1, 0.15) is 11.6 Å². The molecule has 0 spiro atoms. The molecule has 2 heterocycles. The van der Waals surface area contributed by atoms with E-state index in [0.29, 0.717) is 5.56 Å². The Labute approximate surface area is 139 Å². The molecule has 0 aromatic heterocycles. The molecular weight excluding hydrogens is 319 g/mol. The van der Waals surface area contributed by atoms with E-state index >= 15 is 0 Å². The molecule has 24 heavy (non-hydrogen) atoms. The Kier molecular flexibility index (Phi) is 3.88. The second-order valence-corrected chi connectivity index (χ2v) is 7.27. The number of fused-ring (bicyclic) bond motifs is 1. The molecule has 3 rings (SSSR count). The van der Waals surface area contributed by atoms with Crippen LogP contribution in [0.1, 0.15) is 38.8 Å². The van der Waals surface area contributed by atoms with Crippen molar-refractivity contribution in [1.29, 1.82) is 0 Å². The van der Waals surface area contributed by atoms with Crippen LogP contribution in [0.25, 0.3) is 0 Å². The zero-order valence-corrected chi connectivity index (χ0v) is 14.2. The molecule has 1 aromatic carbocycles. The zero-order chi connectivity index (χ0) is 17.9. The highest BCUT2D eigenvalue weighted by molar-refractivity contribution is 6.62. The first-order valence-electron chi connectivity index (χ1n) is 7.86. The third-order valence-electron chi connectivity index (χ3n) is 5.21. The van der Waals surface area contributed by atoms with Crippen LogP contribution in [-0.2, 0) is 22.3 Å². The predicted molar refractivity (Wildman–Crippen MR) is 84.2 cm³/mol. The highest BCUT2D eigenvalue weighted by Gasteiger charge is 2.53. The van der Waals surface area contributed by atoms with Crippen LogP contribution in [0.2, 0.25) is 0 Å². The van der Waals surface area contributed by atoms with Crippen molar-refractivity contribution in [3.05, 3.63) is 28.8 Å². The summed E-state index contributed by atoms with van der Waals surface area (Å²) in [5.41, 5.74) is -1.06. The minimum absolute atomic E-state index is 0.108. The van der Waals surface area contributed by atoms with Gasteiger partial charge in [0.2, 0.25) is 0 Å². The van der Waals surface area contributed by atoms with Gasteiger partial charge in [-0.05, 0) is 45.7 Å². The third-order valence-corrected chi connectivity index (χ3v) is 5.21. The molecule has 1 fully saturated rings. The van der Waals surface area contributed by atoms with Crippen LogP contribution in [0.5, 0.6) is 0 Å². The molecule has 1 aromatic rings. The van der Waals surface area contributed by atoms with E-state index in [9.17, 15) is 13.6 Å². The molecule has 1 N–H and O–H groups in total. The van der Waals surface area contributed by atoms with Gasteiger partial charge in [0.15, 0.2) is 0 Å². The van der Waals surface area contributed by atoms with Gasteiger partial charge in [-0.2, -0.15) is 0 Å². The maximum absolute atomic E-state index is 15.0. The minimum atomic E-state index is -1.17. The van der Waals surface area contributed by atoms with Gasteiger partial charge in [-0.15, -0.1) is 0 Å². The fourth-order valence-corrected chi connectivity index (χ4v) is 2.99. The average molecular weight is 339 g/mol. The highest BCUT2D eigenvalue weighted by atomic mass is 19.1. The summed E-state index contributed by atoms with van der Waals surface area (Å²) in [5, 5.41) is 9.11. The van der Waals surface area contributed by atoms with Crippen molar-refractivity contribution in [3.8, 4) is 0 Å². The first kappa shape index (κ1) is 17.2. The third kappa shape index (κ3) is 2.57. The number of amides is 1. The molecule has 5 nitrogen and oxygen atoms in total. The van der Waals surface area contributed by atoms with E-state index in [2.05, 4.69) is 0 Å². The number of hydrogen-bond acceptors (Lipinski definition) is 3. The number of benzene rings is 1. The second-order valence-electron chi connectivity index (χ2n) is 7.27. The number of halogens is 2. The monoisotopic (exact) mass is 339 g/mol. The SMILES string of the molecule is CC1(C)OB(c2c(F)cc3c(c2F)CN(C(=O)O)CC3)OC1(C)C. The summed E-state index contributed by atoms with van der Waals surface area (Å²) in [6.07, 6.45) is -0.847. The number of nitrogens with zero attached hydrogens (tertiary/aromatic N) is 1. The molecule has 130 valence electrons. The van der Waals surface area contributed by atoms with E-state index in [1.165, 1.54) is 6.07 Å². The van der Waals surface area contributed by atoms with Crippen LogP contribution < -0.4 is 5.46 Å². The molecule has 0 bridgehead atoms. The van der Waals surface area contributed by atoms with Crippen molar-refractivity contribution in [2.75, 3.05) is 6.54 Å². The van der Waals surface area contributed by atoms with E-state index in [0.717, 1.165) is 4.90 Å². The molecule has 0 radical (unpaired) electrons. The second kappa shape index (κ2) is 5.42. The van der Waals surface area contributed by atoms with Crippen LogP contribution in [0, 0.1) is 11.6 Å². The van der Waals surface area contributed by atoms with Gasteiger partial charge in [0.05, 0.1) is 23.2 Å². The van der Waals surface area contributed by atoms with E-state index in [1.807, 2.05) is 0 Å². The Morgan fingerprint density at radius 2 is 1.83 bits per heavy atom. The zero-order valence-electron chi connectivity index (χ0n) is 14.2. The van der Waals surface area contributed by atoms with Crippen molar-refractivity contribution in [3.63, 3.8) is 0 Å². The Bertz CT molecular complexity index is 692. The molecule has 2 aliphatic rings. The predicted octanol–water partition coefficient (Wildman–Crippen LogP) is 2.30. The summed E-state index contributed by atoms with van der Waals surface area (Å²) in [5.74, 6) is -1.51. The molecule has 0 atom stereocenters. The number of rotatable bonds is 1. The standard InChI is InChI=1S/C16H20BF2NO4/c1-15(2)16(3,4)24-17(23-15)12-11(18)7-9-5-6-20(14(21)22)8-10(9)13(12)19/h7H,5-6,8H2,1-4H3,(H,21,22). The Morgan fingerprint density at radius 1 is 1.25 bits per heavy atom. The number of carbonyl (C=O) groups is 1.